The number of halogens is 1. The lowest BCUT2D eigenvalue weighted by Crippen LogP contribution is -2.25. The van der Waals surface area contributed by atoms with Crippen molar-refractivity contribution in [2.45, 2.75) is 12.8 Å². The molecule has 3 N–H and O–H groups in total. The molecule has 2 rings (SSSR count). The van der Waals surface area contributed by atoms with E-state index in [2.05, 4.69) is 26.5 Å². The summed E-state index contributed by atoms with van der Waals surface area (Å²) in [5.74, 6) is -0.0340. The lowest BCUT2D eigenvalue weighted by atomic mass is 10.0. The molecule has 0 unspecified atom stereocenters. The topological polar surface area (TPSA) is 67.5 Å². The Bertz CT molecular complexity index is 442. The fourth-order valence-corrected chi connectivity index (χ4v) is 1.77. The van der Waals surface area contributed by atoms with E-state index in [-0.39, 0.29) is 5.91 Å². The molecule has 0 saturated carbocycles. The van der Waals surface area contributed by atoms with Crippen LogP contribution in [-0.4, -0.2) is 11.6 Å². The fourth-order valence-electron chi connectivity index (χ4n) is 1.39. The first kappa shape index (κ1) is 10.2. The number of anilines is 1. The summed E-state index contributed by atoms with van der Waals surface area (Å²) in [6.07, 6.45) is 1.16. The first-order chi connectivity index (χ1) is 7.16. The van der Waals surface area contributed by atoms with Crippen LogP contribution in [0.1, 0.15) is 18.4 Å². The number of hydrogen-bond acceptors (Lipinski definition) is 3. The lowest BCUT2D eigenvalue weighted by molar-refractivity contribution is -0.121. The van der Waals surface area contributed by atoms with Crippen LogP contribution in [0.5, 0.6) is 0 Å². The predicted octanol–water partition coefficient (Wildman–Crippen LogP) is 1.65. The van der Waals surface area contributed by atoms with E-state index in [0.29, 0.717) is 18.5 Å². The molecule has 5 heteroatoms. The Morgan fingerprint density at radius 2 is 2.20 bits per heavy atom. The first-order valence-electron chi connectivity index (χ1n) is 4.57. The van der Waals surface area contributed by atoms with Crippen molar-refractivity contribution in [2.75, 3.05) is 5.73 Å². The van der Waals surface area contributed by atoms with E-state index in [0.717, 1.165) is 15.7 Å². The average Bonchev–Trinajstić information content (AvgIpc) is 2.23. The van der Waals surface area contributed by atoms with Gasteiger partial charge in [-0.3, -0.25) is 4.79 Å². The Labute approximate surface area is 95.7 Å². The lowest BCUT2D eigenvalue weighted by Gasteiger charge is -2.12. The number of carbonyl (C=O) groups is 1. The molecule has 1 aromatic rings. The Morgan fingerprint density at radius 1 is 1.40 bits per heavy atom. The molecule has 0 aromatic heterocycles. The van der Waals surface area contributed by atoms with E-state index < -0.39 is 0 Å². The maximum Gasteiger partial charge on any atom is 0.240 e. The van der Waals surface area contributed by atoms with Crippen LogP contribution < -0.4 is 11.2 Å². The van der Waals surface area contributed by atoms with Crippen LogP contribution in [0.2, 0.25) is 0 Å². The molecule has 78 valence electrons. The molecule has 0 spiro atoms. The average molecular weight is 268 g/mol. The predicted molar refractivity (Wildman–Crippen MR) is 62.5 cm³/mol. The minimum absolute atomic E-state index is 0.0340. The molecule has 4 nitrogen and oxygen atoms in total. The molecule has 1 heterocycles. The maximum atomic E-state index is 10.9. The fraction of sp³-hybridized carbons (Fsp3) is 0.200. The Balaban J connectivity index is 2.30. The number of rotatable bonds is 1. The van der Waals surface area contributed by atoms with Crippen molar-refractivity contribution in [3.8, 4) is 0 Å². The van der Waals surface area contributed by atoms with Crippen LogP contribution in [0.3, 0.4) is 0 Å². The number of nitrogens with zero attached hydrogens (tertiary/aromatic N) is 1. The van der Waals surface area contributed by atoms with E-state index in [1.807, 2.05) is 18.2 Å². The highest BCUT2D eigenvalue weighted by Gasteiger charge is 2.13. The molecule has 0 bridgehead atoms. The summed E-state index contributed by atoms with van der Waals surface area (Å²) in [4.78, 5) is 10.9. The van der Waals surface area contributed by atoms with Gasteiger partial charge >= 0.3 is 0 Å². The molecule has 0 radical (unpaired) electrons. The molecule has 1 amide bonds. The van der Waals surface area contributed by atoms with Crippen LogP contribution in [0, 0.1) is 0 Å². The van der Waals surface area contributed by atoms with Crippen LogP contribution in [0.25, 0.3) is 0 Å². The van der Waals surface area contributed by atoms with Crippen LogP contribution >= 0.6 is 15.9 Å². The summed E-state index contributed by atoms with van der Waals surface area (Å²) >= 11 is 3.36. The third kappa shape index (κ3) is 2.18. The zero-order chi connectivity index (χ0) is 10.8. The van der Waals surface area contributed by atoms with Gasteiger partial charge in [0.1, 0.15) is 0 Å². The van der Waals surface area contributed by atoms with Gasteiger partial charge in [0.15, 0.2) is 0 Å². The van der Waals surface area contributed by atoms with Gasteiger partial charge in [0.2, 0.25) is 5.91 Å². The number of amides is 1. The highest BCUT2D eigenvalue weighted by atomic mass is 79.9. The summed E-state index contributed by atoms with van der Waals surface area (Å²) in [6, 6.07) is 5.63. The molecular weight excluding hydrogens is 258 g/mol. The van der Waals surface area contributed by atoms with Gasteiger partial charge in [-0.25, -0.2) is 5.43 Å². The van der Waals surface area contributed by atoms with Crippen molar-refractivity contribution < 1.29 is 4.79 Å². The van der Waals surface area contributed by atoms with E-state index in [1.54, 1.807) is 0 Å². The molecule has 0 saturated heterocycles. The first-order valence-corrected chi connectivity index (χ1v) is 5.37. The minimum atomic E-state index is -0.0340. The van der Waals surface area contributed by atoms with Crippen LogP contribution in [0.15, 0.2) is 27.8 Å². The zero-order valence-corrected chi connectivity index (χ0v) is 9.54. The molecule has 0 aliphatic carbocycles. The van der Waals surface area contributed by atoms with Gasteiger partial charge in [-0.05, 0) is 33.6 Å². The Kier molecular flexibility index (Phi) is 2.73. The van der Waals surface area contributed by atoms with Gasteiger partial charge in [-0.15, -0.1) is 0 Å². The molecule has 15 heavy (non-hydrogen) atoms. The SMILES string of the molecule is Nc1ccc(C2=NNC(=O)CC2)cc1Br. The van der Waals surface area contributed by atoms with Gasteiger partial charge in [-0.2, -0.15) is 5.10 Å². The van der Waals surface area contributed by atoms with Crippen molar-refractivity contribution in [1.29, 1.82) is 0 Å². The number of nitrogen functional groups attached to an aromatic ring is 1. The number of carbonyl (C=O) groups excluding carboxylic acids is 1. The summed E-state index contributed by atoms with van der Waals surface area (Å²) in [5, 5.41) is 4.01. The summed E-state index contributed by atoms with van der Waals surface area (Å²) in [7, 11) is 0. The summed E-state index contributed by atoms with van der Waals surface area (Å²) in [5.41, 5.74) is 10.7. The highest BCUT2D eigenvalue weighted by Crippen LogP contribution is 2.22. The van der Waals surface area contributed by atoms with E-state index in [1.165, 1.54) is 0 Å². The second-order valence-corrected chi connectivity index (χ2v) is 4.18. The number of benzene rings is 1. The van der Waals surface area contributed by atoms with Crippen molar-refractivity contribution in [3.63, 3.8) is 0 Å². The largest absolute Gasteiger partial charge is 0.398 e. The molecule has 1 aliphatic rings. The standard InChI is InChI=1S/C10H10BrN3O/c11-7-5-6(1-2-8(7)12)9-3-4-10(15)14-13-9/h1-2,5H,3-4,12H2,(H,14,15). The van der Waals surface area contributed by atoms with Gasteiger partial charge < -0.3 is 5.73 Å². The van der Waals surface area contributed by atoms with Gasteiger partial charge in [0.05, 0.1) is 5.71 Å². The van der Waals surface area contributed by atoms with E-state index in [4.69, 9.17) is 5.73 Å². The van der Waals surface area contributed by atoms with Gasteiger partial charge in [0.25, 0.3) is 0 Å². The Hall–Kier alpha value is -1.36. The number of nitrogens with two attached hydrogens (primary N) is 1. The van der Waals surface area contributed by atoms with E-state index in [9.17, 15) is 4.79 Å². The molecule has 1 aliphatic heterocycles. The van der Waals surface area contributed by atoms with Crippen molar-refractivity contribution in [3.05, 3.63) is 28.2 Å². The van der Waals surface area contributed by atoms with Crippen molar-refractivity contribution >= 4 is 33.2 Å². The second kappa shape index (κ2) is 4.02. The van der Waals surface area contributed by atoms with Crippen LogP contribution in [0.4, 0.5) is 5.69 Å². The summed E-state index contributed by atoms with van der Waals surface area (Å²) < 4.78 is 0.847. The minimum Gasteiger partial charge on any atom is -0.398 e. The second-order valence-electron chi connectivity index (χ2n) is 3.33. The number of hydrogen-bond donors (Lipinski definition) is 2. The Morgan fingerprint density at radius 3 is 2.80 bits per heavy atom. The number of hydrazone groups is 1. The van der Waals surface area contributed by atoms with Crippen molar-refractivity contribution in [1.82, 2.24) is 5.43 Å². The monoisotopic (exact) mass is 267 g/mol. The third-order valence-electron chi connectivity index (χ3n) is 2.24. The quantitative estimate of drug-likeness (QED) is 0.760. The zero-order valence-electron chi connectivity index (χ0n) is 7.96. The van der Waals surface area contributed by atoms with Crippen molar-refractivity contribution in [2.24, 2.45) is 5.10 Å². The summed E-state index contributed by atoms with van der Waals surface area (Å²) in [6.45, 7) is 0. The normalized spacial score (nSPS) is 15.8. The van der Waals surface area contributed by atoms with Crippen LogP contribution in [-0.2, 0) is 4.79 Å². The maximum absolute atomic E-state index is 10.9. The number of nitrogens with one attached hydrogen (secondary N) is 1. The molecule has 1 aromatic carbocycles. The van der Waals surface area contributed by atoms with E-state index >= 15 is 0 Å². The van der Waals surface area contributed by atoms with Gasteiger partial charge in [-0.1, -0.05) is 6.07 Å². The molecule has 0 fully saturated rings. The van der Waals surface area contributed by atoms with Gasteiger partial charge in [0, 0.05) is 23.0 Å². The third-order valence-corrected chi connectivity index (χ3v) is 2.92. The molecular formula is C10H10BrN3O. The molecule has 0 atom stereocenters. The smallest absolute Gasteiger partial charge is 0.240 e. The highest BCUT2D eigenvalue weighted by molar-refractivity contribution is 9.10.